The van der Waals surface area contributed by atoms with E-state index in [0.717, 1.165) is 44.9 Å². The molecule has 1 saturated carbocycles. The summed E-state index contributed by atoms with van der Waals surface area (Å²) in [6.45, 7) is 3.87. The van der Waals surface area contributed by atoms with E-state index in [4.69, 9.17) is 9.05 Å². The van der Waals surface area contributed by atoms with Crippen LogP contribution in [0.2, 0.25) is 0 Å². The van der Waals surface area contributed by atoms with Gasteiger partial charge in [-0.05, 0) is 19.3 Å². The molecule has 1 aliphatic carbocycles. The van der Waals surface area contributed by atoms with Crippen LogP contribution in [-0.4, -0.2) is 96.8 Å². The number of phosphoric ester groups is 1. The average Bonchev–Trinajstić information content (AvgIpc) is 3.37. The van der Waals surface area contributed by atoms with Crippen LogP contribution < -0.4 is 5.32 Å². The van der Waals surface area contributed by atoms with Crippen molar-refractivity contribution in [3.8, 4) is 0 Å². The fourth-order valence-corrected chi connectivity index (χ4v) is 11.1. The Bertz CT molecular complexity index is 1260. The molecule has 0 aliphatic heterocycles. The van der Waals surface area contributed by atoms with Gasteiger partial charge in [0.25, 0.3) is 0 Å². The van der Waals surface area contributed by atoms with Crippen LogP contribution >= 0.6 is 7.82 Å². The van der Waals surface area contributed by atoms with Crippen molar-refractivity contribution in [1.29, 1.82) is 0 Å². The molecule has 428 valence electrons. The van der Waals surface area contributed by atoms with E-state index in [2.05, 4.69) is 19.2 Å². The number of unbranched alkanes of at least 4 members (excludes halogenated alkanes) is 42. The lowest BCUT2D eigenvalue weighted by Gasteiger charge is -2.41. The topological polar surface area (TPSA) is 206 Å². The minimum absolute atomic E-state index is 0.219. The van der Waals surface area contributed by atoms with Gasteiger partial charge in [0.2, 0.25) is 5.91 Å². The molecule has 1 aliphatic rings. The largest absolute Gasteiger partial charge is 0.472 e. The fourth-order valence-electron chi connectivity index (χ4n) is 10.1. The molecule has 1 fully saturated rings. The predicted octanol–water partition coefficient (Wildman–Crippen LogP) is 14.3. The number of hydrogen-bond donors (Lipinski definition) is 8. The molecule has 1 rings (SSSR count). The highest BCUT2D eigenvalue weighted by atomic mass is 31.2. The second kappa shape index (κ2) is 48.5. The maximum atomic E-state index is 13.0. The van der Waals surface area contributed by atoms with E-state index in [-0.39, 0.29) is 12.3 Å². The molecule has 0 heterocycles. The summed E-state index contributed by atoms with van der Waals surface area (Å²) in [6.07, 6.45) is 47.6. The molecule has 0 spiro atoms. The first-order chi connectivity index (χ1) is 34.9. The van der Waals surface area contributed by atoms with Crippen molar-refractivity contribution in [2.45, 2.75) is 352 Å². The van der Waals surface area contributed by atoms with Crippen LogP contribution in [0.25, 0.3) is 0 Å². The third kappa shape index (κ3) is 38.6. The first-order valence-electron chi connectivity index (χ1n) is 30.6. The maximum Gasteiger partial charge on any atom is 0.472 e. The molecule has 0 saturated heterocycles. The number of aliphatic hydroxyl groups is 6. The van der Waals surface area contributed by atoms with Gasteiger partial charge in [0.1, 0.15) is 36.6 Å². The summed E-state index contributed by atoms with van der Waals surface area (Å²) < 4.78 is 23.0. The highest BCUT2D eigenvalue weighted by molar-refractivity contribution is 7.47. The van der Waals surface area contributed by atoms with Crippen molar-refractivity contribution in [2.75, 3.05) is 6.61 Å². The zero-order valence-electron chi connectivity index (χ0n) is 46.5. The van der Waals surface area contributed by atoms with E-state index in [9.17, 15) is 44.9 Å². The van der Waals surface area contributed by atoms with E-state index in [0.29, 0.717) is 6.42 Å². The molecular formula is C59H116NO11P. The van der Waals surface area contributed by atoms with Gasteiger partial charge in [0.05, 0.1) is 18.8 Å². The molecule has 12 nitrogen and oxygen atoms in total. The number of carbonyl (C=O) groups excluding carboxylic acids is 1. The minimum Gasteiger partial charge on any atom is -0.387 e. The summed E-state index contributed by atoms with van der Waals surface area (Å²) in [7, 11) is -5.08. The van der Waals surface area contributed by atoms with E-state index in [1.54, 1.807) is 0 Å². The number of phosphoric acid groups is 1. The number of rotatable bonds is 53. The van der Waals surface area contributed by atoms with Gasteiger partial charge in [-0.2, -0.15) is 0 Å². The summed E-state index contributed by atoms with van der Waals surface area (Å²) in [6, 6.07) is -1.11. The third-order valence-corrected chi connectivity index (χ3v) is 16.1. The minimum atomic E-state index is -5.08. The van der Waals surface area contributed by atoms with Gasteiger partial charge in [-0.25, -0.2) is 4.57 Å². The van der Waals surface area contributed by atoms with Crippen molar-refractivity contribution in [3.63, 3.8) is 0 Å². The van der Waals surface area contributed by atoms with Crippen molar-refractivity contribution in [1.82, 2.24) is 5.32 Å². The van der Waals surface area contributed by atoms with Crippen LogP contribution in [0.15, 0.2) is 12.2 Å². The van der Waals surface area contributed by atoms with Gasteiger partial charge in [-0.1, -0.05) is 289 Å². The quantitative estimate of drug-likeness (QED) is 0.0163. The van der Waals surface area contributed by atoms with Crippen LogP contribution in [0.5, 0.6) is 0 Å². The average molecular weight is 1050 g/mol. The lowest BCUT2D eigenvalue weighted by molar-refractivity contribution is -0.220. The number of carbonyl (C=O) groups is 1. The fraction of sp³-hybridized carbons (Fsp3) is 0.949. The molecule has 72 heavy (non-hydrogen) atoms. The van der Waals surface area contributed by atoms with Gasteiger partial charge in [0, 0.05) is 6.42 Å². The molecule has 0 aromatic rings. The number of amides is 1. The molecule has 13 heteroatoms. The van der Waals surface area contributed by atoms with Gasteiger partial charge < -0.3 is 40.8 Å². The lowest BCUT2D eigenvalue weighted by atomic mass is 9.85. The van der Waals surface area contributed by atoms with Crippen LogP contribution in [-0.2, 0) is 18.4 Å². The van der Waals surface area contributed by atoms with Gasteiger partial charge in [-0.3, -0.25) is 13.8 Å². The number of allylic oxidation sites excluding steroid dienone is 1. The standard InChI is InChI=1S/C59H116NO11P/c1-3-5-7-9-11-13-15-17-18-19-20-21-22-23-24-25-26-27-28-29-30-31-32-33-34-35-36-37-39-41-43-45-47-49-53(62)60-51(52(61)48-46-44-42-40-38-16-14-12-10-8-6-4-2)50-70-72(68,69)71-59-57(66)55(64)54(63)56(65)58(59)67/h46,48,51-52,54-59,61,63-67H,3-45,47,49-50H2,1-2H3,(H,60,62)(H,68,69)/b48-46+/t51-,52+,54?,55+,56?,57?,58?,59?/m0/s1. The molecule has 0 aromatic carbocycles. The molecule has 6 unspecified atom stereocenters. The van der Waals surface area contributed by atoms with Crippen LogP contribution in [0.4, 0.5) is 0 Å². The Hall–Kier alpha value is -0.920. The first kappa shape index (κ1) is 69.1. The Balaban J connectivity index is 2.17. The van der Waals surface area contributed by atoms with Crippen molar-refractivity contribution in [2.24, 2.45) is 0 Å². The van der Waals surface area contributed by atoms with E-state index in [1.165, 1.54) is 237 Å². The SMILES string of the molecule is CCCCCCCCCCCC/C=C/[C@@H](O)[C@H](COP(=O)(O)OC1C(O)C(O)C(O)[C@@H](O)C1O)NC(=O)CCCCCCCCCCCCCCCCCCCCCCCCCCCCCCCCCCC. The normalized spacial score (nSPS) is 21.1. The van der Waals surface area contributed by atoms with E-state index >= 15 is 0 Å². The molecular weight excluding hydrogens is 930 g/mol. The Morgan fingerprint density at radius 2 is 0.736 bits per heavy atom. The smallest absolute Gasteiger partial charge is 0.387 e. The van der Waals surface area contributed by atoms with Gasteiger partial charge in [0.15, 0.2) is 0 Å². The summed E-state index contributed by atoms with van der Waals surface area (Å²) >= 11 is 0. The molecule has 0 bridgehead atoms. The Labute approximate surface area is 441 Å². The van der Waals surface area contributed by atoms with Gasteiger partial charge in [-0.15, -0.1) is 0 Å². The first-order valence-corrected chi connectivity index (χ1v) is 32.1. The zero-order valence-corrected chi connectivity index (χ0v) is 47.4. The van der Waals surface area contributed by atoms with Crippen LogP contribution in [0.1, 0.15) is 303 Å². The molecule has 8 N–H and O–H groups in total. The second-order valence-electron chi connectivity index (χ2n) is 21.9. The summed E-state index contributed by atoms with van der Waals surface area (Å²) in [5.74, 6) is -0.335. The second-order valence-corrected chi connectivity index (χ2v) is 23.3. The maximum absolute atomic E-state index is 13.0. The Morgan fingerprint density at radius 1 is 0.458 bits per heavy atom. The third-order valence-electron chi connectivity index (χ3n) is 15.1. The van der Waals surface area contributed by atoms with Crippen LogP contribution in [0.3, 0.4) is 0 Å². The molecule has 1 amide bonds. The summed E-state index contributed by atoms with van der Waals surface area (Å²) in [4.78, 5) is 23.5. The number of hydrogen-bond acceptors (Lipinski definition) is 10. The zero-order chi connectivity index (χ0) is 52.8. The van der Waals surface area contributed by atoms with Crippen LogP contribution in [0, 0.1) is 0 Å². The summed E-state index contributed by atoms with van der Waals surface area (Å²) in [5.41, 5.74) is 0. The molecule has 9 atom stereocenters. The predicted molar refractivity (Wildman–Crippen MR) is 297 cm³/mol. The number of aliphatic hydroxyl groups excluding tert-OH is 6. The van der Waals surface area contributed by atoms with Crippen molar-refractivity contribution >= 4 is 13.7 Å². The van der Waals surface area contributed by atoms with Gasteiger partial charge >= 0.3 is 7.82 Å². The highest BCUT2D eigenvalue weighted by Gasteiger charge is 2.51. The van der Waals surface area contributed by atoms with Crippen molar-refractivity contribution in [3.05, 3.63) is 12.2 Å². The summed E-state index contributed by atoms with van der Waals surface area (Å²) in [5, 5.41) is 64.2. The highest BCUT2D eigenvalue weighted by Crippen LogP contribution is 2.47. The Kier molecular flexibility index (Phi) is 46.5. The molecule has 0 radical (unpaired) electrons. The van der Waals surface area contributed by atoms with Crippen molar-refractivity contribution < 1.29 is 53.9 Å². The molecule has 0 aromatic heterocycles. The van der Waals surface area contributed by atoms with E-state index < -0.39 is 63.2 Å². The van der Waals surface area contributed by atoms with E-state index in [1.807, 2.05) is 6.08 Å². The number of nitrogens with one attached hydrogen (secondary N) is 1. The lowest BCUT2D eigenvalue weighted by Crippen LogP contribution is -2.64. The monoisotopic (exact) mass is 1050 g/mol. The Morgan fingerprint density at radius 3 is 1.06 bits per heavy atom.